The lowest BCUT2D eigenvalue weighted by atomic mass is 10.0. The van der Waals surface area contributed by atoms with Gasteiger partial charge in [0.1, 0.15) is 7.85 Å². The molecular weight excluding hydrogens is 493 g/mol. The van der Waals surface area contributed by atoms with Crippen LogP contribution in [0, 0.1) is 0 Å². The van der Waals surface area contributed by atoms with Gasteiger partial charge < -0.3 is 24.6 Å². The van der Waals surface area contributed by atoms with Crippen molar-refractivity contribution in [2.24, 2.45) is 0 Å². The zero-order valence-electron chi connectivity index (χ0n) is 19.8. The summed E-state index contributed by atoms with van der Waals surface area (Å²) in [6.07, 6.45) is -3.22. The predicted molar refractivity (Wildman–Crippen MR) is 136 cm³/mol. The Bertz CT molecular complexity index is 1090. The summed E-state index contributed by atoms with van der Waals surface area (Å²) >= 11 is 7.76. The topological polar surface area (TPSA) is 105 Å². The number of hydrogen-bond acceptors (Lipinski definition) is 8. The minimum atomic E-state index is -1.62. The summed E-state index contributed by atoms with van der Waals surface area (Å²) in [6, 6.07) is 9.34. The molecule has 9 nitrogen and oxygen atoms in total. The van der Waals surface area contributed by atoms with Crippen molar-refractivity contribution in [3.8, 4) is 0 Å². The summed E-state index contributed by atoms with van der Waals surface area (Å²) in [6.45, 7) is 4.05. The number of anilines is 1. The maximum absolute atomic E-state index is 13.4. The fourth-order valence-electron chi connectivity index (χ4n) is 3.77. The molecule has 2 atom stereocenters. The van der Waals surface area contributed by atoms with Crippen LogP contribution in [0.4, 0.5) is 5.69 Å². The van der Waals surface area contributed by atoms with E-state index in [1.807, 2.05) is 42.4 Å². The van der Waals surface area contributed by atoms with Crippen LogP contribution >= 0.6 is 22.9 Å². The second kappa shape index (κ2) is 12.1. The van der Waals surface area contributed by atoms with Gasteiger partial charge in [-0.05, 0) is 17.5 Å². The van der Waals surface area contributed by atoms with Gasteiger partial charge in [0.15, 0.2) is 0 Å². The van der Waals surface area contributed by atoms with Gasteiger partial charge in [0.05, 0.1) is 17.3 Å². The van der Waals surface area contributed by atoms with Gasteiger partial charge in [-0.25, -0.2) is 0 Å². The second-order valence-electron chi connectivity index (χ2n) is 8.13. The molecule has 2 amide bonds. The SMILES string of the molecule is Bc1csc(CNC(=O)[C@H](OC(C)=O)[C@@H](OC(C)=O)C(=O)N2CCN(c3ccccc3Cl)CC2)c1. The first-order valence-electron chi connectivity index (χ1n) is 11.1. The minimum Gasteiger partial charge on any atom is -0.448 e. The molecule has 186 valence electrons. The largest absolute Gasteiger partial charge is 0.448 e. The number of benzene rings is 1. The second-order valence-corrected chi connectivity index (χ2v) is 9.53. The molecule has 1 fully saturated rings. The standard InChI is InChI=1S/C23H27BClN3O6S/c1-14(29)33-20(22(31)26-12-17-11-16(24)13-35-17)21(34-15(2)30)23(32)28-9-7-27(8-10-28)19-6-4-3-5-18(19)25/h3-6,11,13,20-21H,7-10,12,24H2,1-2H3,(H,26,31)/t20-,21-/m1/s1. The number of carbonyl (C=O) groups is 4. The number of rotatable bonds is 8. The van der Waals surface area contributed by atoms with Crippen molar-refractivity contribution in [1.29, 1.82) is 0 Å². The van der Waals surface area contributed by atoms with Crippen LogP contribution < -0.4 is 15.7 Å². The van der Waals surface area contributed by atoms with Crippen LogP contribution in [-0.2, 0) is 35.2 Å². The third-order valence-electron chi connectivity index (χ3n) is 5.37. The molecule has 1 saturated heterocycles. The molecule has 1 N–H and O–H groups in total. The van der Waals surface area contributed by atoms with Crippen molar-refractivity contribution in [3.63, 3.8) is 0 Å². The summed E-state index contributed by atoms with van der Waals surface area (Å²) in [5.41, 5.74) is 1.92. The van der Waals surface area contributed by atoms with Crippen LogP contribution in [-0.4, -0.2) is 74.9 Å². The van der Waals surface area contributed by atoms with Crippen LogP contribution in [0.15, 0.2) is 35.7 Å². The number of nitrogens with one attached hydrogen (secondary N) is 1. The normalized spacial score (nSPS) is 15.2. The molecule has 3 rings (SSSR count). The number of piperazine rings is 1. The Morgan fingerprint density at radius 1 is 1.06 bits per heavy atom. The highest BCUT2D eigenvalue weighted by Crippen LogP contribution is 2.26. The quantitative estimate of drug-likeness (QED) is 0.400. The molecule has 1 aromatic carbocycles. The van der Waals surface area contributed by atoms with E-state index in [4.69, 9.17) is 21.1 Å². The van der Waals surface area contributed by atoms with Crippen LogP contribution in [0.5, 0.6) is 0 Å². The van der Waals surface area contributed by atoms with Gasteiger partial charge in [-0.2, -0.15) is 0 Å². The Balaban J connectivity index is 1.73. The lowest BCUT2D eigenvalue weighted by Gasteiger charge is -2.38. The van der Waals surface area contributed by atoms with E-state index in [-0.39, 0.29) is 6.54 Å². The number of hydrogen-bond donors (Lipinski definition) is 1. The highest BCUT2D eigenvalue weighted by Gasteiger charge is 2.42. The average molecular weight is 520 g/mol. The van der Waals surface area contributed by atoms with E-state index in [0.717, 1.165) is 29.9 Å². The fourth-order valence-corrected chi connectivity index (χ4v) is 4.84. The zero-order valence-corrected chi connectivity index (χ0v) is 21.4. The maximum atomic E-state index is 13.4. The molecule has 1 aliphatic rings. The summed E-state index contributed by atoms with van der Waals surface area (Å²) in [4.78, 5) is 54.4. The maximum Gasteiger partial charge on any atom is 0.303 e. The lowest BCUT2D eigenvalue weighted by Crippen LogP contribution is -2.57. The monoisotopic (exact) mass is 519 g/mol. The van der Waals surface area contributed by atoms with Crippen molar-refractivity contribution < 1.29 is 28.7 Å². The van der Waals surface area contributed by atoms with Gasteiger partial charge in [-0.3, -0.25) is 19.2 Å². The smallest absolute Gasteiger partial charge is 0.303 e. The van der Waals surface area contributed by atoms with E-state index < -0.39 is 36.0 Å². The molecule has 2 heterocycles. The molecule has 0 radical (unpaired) electrons. The van der Waals surface area contributed by atoms with E-state index in [0.29, 0.717) is 31.2 Å². The van der Waals surface area contributed by atoms with Gasteiger partial charge in [0.25, 0.3) is 11.8 Å². The molecule has 0 bridgehead atoms. The Labute approximate surface area is 213 Å². The number of thiophene rings is 1. The van der Waals surface area contributed by atoms with Crippen molar-refractivity contribution in [1.82, 2.24) is 10.2 Å². The number of ether oxygens (including phenoxy) is 2. The van der Waals surface area contributed by atoms with Crippen molar-refractivity contribution >= 4 is 65.7 Å². The van der Waals surface area contributed by atoms with Crippen LogP contribution in [0.3, 0.4) is 0 Å². The Morgan fingerprint density at radius 3 is 2.26 bits per heavy atom. The highest BCUT2D eigenvalue weighted by atomic mass is 35.5. The number of para-hydroxylation sites is 1. The molecule has 0 spiro atoms. The molecule has 12 heteroatoms. The number of halogens is 1. The number of amides is 2. The molecule has 1 aliphatic heterocycles. The molecule has 1 aromatic heterocycles. The number of carbonyl (C=O) groups excluding carboxylic acids is 4. The van der Waals surface area contributed by atoms with E-state index in [9.17, 15) is 19.2 Å². The van der Waals surface area contributed by atoms with Gasteiger partial charge in [-0.1, -0.05) is 35.3 Å². The summed E-state index contributed by atoms with van der Waals surface area (Å²) in [5, 5.41) is 5.23. The predicted octanol–water partition coefficient (Wildman–Crippen LogP) is 0.488. The Hall–Kier alpha value is -3.05. The lowest BCUT2D eigenvalue weighted by molar-refractivity contribution is -0.178. The fraction of sp³-hybridized carbons (Fsp3) is 0.391. The van der Waals surface area contributed by atoms with E-state index in [1.165, 1.54) is 16.2 Å². The first-order valence-corrected chi connectivity index (χ1v) is 12.4. The summed E-state index contributed by atoms with van der Waals surface area (Å²) in [5.74, 6) is -2.87. The van der Waals surface area contributed by atoms with E-state index in [2.05, 4.69) is 5.32 Å². The van der Waals surface area contributed by atoms with Crippen LogP contribution in [0.1, 0.15) is 18.7 Å². The number of nitrogens with zero attached hydrogens (tertiary/aromatic N) is 2. The first kappa shape index (κ1) is 26.6. The Kier molecular flexibility index (Phi) is 9.16. The Morgan fingerprint density at radius 2 is 1.69 bits per heavy atom. The molecular formula is C23H27BClN3O6S. The minimum absolute atomic E-state index is 0.187. The first-order chi connectivity index (χ1) is 16.7. The van der Waals surface area contributed by atoms with Gasteiger partial charge in [-0.15, -0.1) is 11.3 Å². The van der Waals surface area contributed by atoms with E-state index in [1.54, 1.807) is 6.07 Å². The van der Waals surface area contributed by atoms with E-state index >= 15 is 0 Å². The molecule has 0 saturated carbocycles. The summed E-state index contributed by atoms with van der Waals surface area (Å²) in [7, 11) is 1.93. The average Bonchev–Trinajstić information content (AvgIpc) is 3.24. The van der Waals surface area contributed by atoms with Crippen LogP contribution in [0.2, 0.25) is 5.02 Å². The molecule has 0 aliphatic carbocycles. The van der Waals surface area contributed by atoms with Crippen molar-refractivity contribution in [2.45, 2.75) is 32.6 Å². The molecule has 35 heavy (non-hydrogen) atoms. The van der Waals surface area contributed by atoms with Crippen molar-refractivity contribution in [3.05, 3.63) is 45.6 Å². The highest BCUT2D eigenvalue weighted by molar-refractivity contribution is 7.10. The van der Waals surface area contributed by atoms with Gasteiger partial charge >= 0.3 is 11.9 Å². The summed E-state index contributed by atoms with van der Waals surface area (Å²) < 4.78 is 10.4. The van der Waals surface area contributed by atoms with Gasteiger partial charge in [0.2, 0.25) is 12.2 Å². The van der Waals surface area contributed by atoms with Crippen molar-refractivity contribution in [2.75, 3.05) is 31.1 Å². The number of esters is 2. The molecule has 0 unspecified atom stereocenters. The van der Waals surface area contributed by atoms with Gasteiger partial charge in [0, 0.05) is 44.9 Å². The van der Waals surface area contributed by atoms with Crippen LogP contribution in [0.25, 0.3) is 0 Å². The molecule has 2 aromatic rings. The zero-order chi connectivity index (χ0) is 25.5. The third kappa shape index (κ3) is 7.22. The third-order valence-corrected chi connectivity index (χ3v) is 6.74.